The number of benzene rings is 3. The fourth-order valence-corrected chi connectivity index (χ4v) is 11.0. The molecule has 3 aromatic carbocycles. The number of anilines is 4. The van der Waals surface area contributed by atoms with Crippen molar-refractivity contribution in [3.63, 3.8) is 0 Å². The van der Waals surface area contributed by atoms with Crippen LogP contribution >= 0.6 is 23.2 Å². The maximum Gasteiger partial charge on any atom is 0.387 e. The molecule has 3 aromatic heterocycles. The van der Waals surface area contributed by atoms with E-state index in [0.717, 1.165) is 34.9 Å². The van der Waals surface area contributed by atoms with E-state index in [1.165, 1.54) is 16.7 Å². The number of pyridine rings is 2. The Balaban J connectivity index is 0.997. The van der Waals surface area contributed by atoms with Crippen molar-refractivity contribution in [2.24, 2.45) is 4.99 Å². The van der Waals surface area contributed by atoms with Crippen LogP contribution in [0.15, 0.2) is 101 Å². The molecule has 6 heterocycles. The Hall–Kier alpha value is -7.48. The lowest BCUT2D eigenvalue weighted by Crippen LogP contribution is -2.56. The number of amides is 2. The number of nitrogens with zero attached hydrogens (tertiary/aromatic N) is 11. The van der Waals surface area contributed by atoms with Gasteiger partial charge in [-0.1, -0.05) is 81.7 Å². The van der Waals surface area contributed by atoms with Crippen LogP contribution in [0.2, 0.25) is 10.0 Å². The second kappa shape index (κ2) is 22.5. The van der Waals surface area contributed by atoms with Crippen molar-refractivity contribution in [2.45, 2.75) is 78.4 Å². The maximum atomic E-state index is 15.6. The van der Waals surface area contributed by atoms with Gasteiger partial charge in [0, 0.05) is 77.1 Å². The molecule has 3 atom stereocenters. The van der Waals surface area contributed by atoms with Crippen LogP contribution in [-0.2, 0) is 9.59 Å². The van der Waals surface area contributed by atoms with Gasteiger partial charge in [-0.15, -0.1) is 0 Å². The molecule has 78 heavy (non-hydrogen) atoms. The normalized spacial score (nSPS) is 17.9. The Bertz CT molecular complexity index is 3460. The Morgan fingerprint density at radius 3 is 2.13 bits per heavy atom. The molecule has 408 valence electrons. The first-order chi connectivity index (χ1) is 37.1. The quantitative estimate of drug-likeness (QED) is 0.116. The maximum absolute atomic E-state index is 15.6. The van der Waals surface area contributed by atoms with Crippen molar-refractivity contribution in [1.29, 1.82) is 0 Å². The molecule has 2 saturated heterocycles. The number of hydrogen-bond donors (Lipinski definition) is 1. The number of aliphatic hydroxyl groups is 1. The van der Waals surface area contributed by atoms with E-state index in [-0.39, 0.29) is 88.9 Å². The van der Waals surface area contributed by atoms with Gasteiger partial charge in [0.15, 0.2) is 5.65 Å². The molecule has 0 bridgehead atoms. The Kier molecular flexibility index (Phi) is 15.9. The smallest absolute Gasteiger partial charge is 0.387 e. The monoisotopic (exact) mass is 1110 g/mol. The molecular weight excluding hydrogens is 1050 g/mol. The number of halogens is 5. The molecule has 3 aliphatic rings. The fourth-order valence-electron chi connectivity index (χ4n) is 10.4. The van der Waals surface area contributed by atoms with Crippen LogP contribution in [0.3, 0.4) is 0 Å². The highest BCUT2D eigenvalue weighted by molar-refractivity contribution is 6.34. The highest BCUT2D eigenvalue weighted by atomic mass is 35.5. The highest BCUT2D eigenvalue weighted by Gasteiger charge is 2.38. The summed E-state index contributed by atoms with van der Waals surface area (Å²) in [5.74, 6) is 0.160. The van der Waals surface area contributed by atoms with Gasteiger partial charge in [0.1, 0.15) is 34.9 Å². The van der Waals surface area contributed by atoms with Crippen LogP contribution in [0.4, 0.5) is 36.3 Å². The Morgan fingerprint density at radius 2 is 1.47 bits per heavy atom. The van der Waals surface area contributed by atoms with Crippen LogP contribution < -0.4 is 25.1 Å². The zero-order valence-electron chi connectivity index (χ0n) is 44.5. The third kappa shape index (κ3) is 10.7. The number of amidine groups is 1. The number of carbonyl (C=O) groups excluding carboxylic acids is 2. The van der Waals surface area contributed by atoms with Gasteiger partial charge in [-0.05, 0) is 103 Å². The molecule has 2 amide bonds. The van der Waals surface area contributed by atoms with Gasteiger partial charge in [-0.25, -0.2) is 28.7 Å². The standard InChI is InChI=1S/C57H60Cl2F3N11O5/c1-10-47(74)68-21-23-70(33(6)29-68)51-41-28-43(59)54(67(8)9)64-53(41)73(57(77)66-51)46-19-15-35(25-38(46)32(4)5)16-20-48(75)69-22-24-71(34(7)30-69)50-40-27-42(58)49(39-26-36(78-55(61)62)17-18-44(39)60)63-52(40)72(56(76)65-50)45-14-12-11-13-37(45)31(2)3/h10-20,25-28,31-34,55,57,77H,1,21-24,29-30H2,2-9H3/t33-,34-,57?/m0/s1. The molecule has 3 aliphatic heterocycles. The second-order valence-corrected chi connectivity index (χ2v) is 21.2. The van der Waals surface area contributed by atoms with E-state index in [9.17, 15) is 28.3 Å². The van der Waals surface area contributed by atoms with E-state index in [1.54, 1.807) is 43.9 Å². The molecule has 1 unspecified atom stereocenters. The number of fused-ring (bicyclic) bond motifs is 2. The number of carbonyl (C=O) groups is 2. The predicted molar refractivity (Wildman–Crippen MR) is 300 cm³/mol. The topological polar surface area (TPSA) is 156 Å². The number of aliphatic imine (C=N–C) groups is 1. The minimum Gasteiger partial charge on any atom is -0.435 e. The summed E-state index contributed by atoms with van der Waals surface area (Å²) in [6.45, 7) is 14.6. The number of rotatable bonds is 12. The molecule has 1 N–H and O–H groups in total. The highest BCUT2D eigenvalue weighted by Crippen LogP contribution is 2.43. The van der Waals surface area contributed by atoms with Gasteiger partial charge >= 0.3 is 12.3 Å². The third-order valence-electron chi connectivity index (χ3n) is 14.3. The third-order valence-corrected chi connectivity index (χ3v) is 14.8. The van der Waals surface area contributed by atoms with Crippen molar-refractivity contribution >= 4 is 81.1 Å². The predicted octanol–water partition coefficient (Wildman–Crippen LogP) is 9.85. The summed E-state index contributed by atoms with van der Waals surface area (Å²) in [7, 11) is 3.68. The lowest BCUT2D eigenvalue weighted by atomic mass is 9.96. The lowest BCUT2D eigenvalue weighted by molar-refractivity contribution is -0.128. The van der Waals surface area contributed by atoms with Crippen LogP contribution in [0.25, 0.3) is 34.1 Å². The Morgan fingerprint density at radius 1 is 0.795 bits per heavy atom. The van der Waals surface area contributed by atoms with E-state index in [2.05, 4.69) is 21.2 Å². The average molecular weight is 1110 g/mol. The van der Waals surface area contributed by atoms with Gasteiger partial charge in [-0.3, -0.25) is 14.5 Å². The molecule has 9 rings (SSSR count). The first-order valence-electron chi connectivity index (χ1n) is 25.6. The van der Waals surface area contributed by atoms with Crippen molar-refractivity contribution in [3.8, 4) is 22.7 Å². The van der Waals surface area contributed by atoms with E-state index < -0.39 is 24.5 Å². The number of piperazine rings is 2. The van der Waals surface area contributed by atoms with Crippen molar-refractivity contribution in [3.05, 3.63) is 140 Å². The van der Waals surface area contributed by atoms with Gasteiger partial charge < -0.3 is 34.3 Å². The molecule has 6 aromatic rings. The van der Waals surface area contributed by atoms with Crippen LogP contribution in [0.1, 0.15) is 75.6 Å². The van der Waals surface area contributed by atoms with Gasteiger partial charge in [0.25, 0.3) is 0 Å². The summed E-state index contributed by atoms with van der Waals surface area (Å²) in [4.78, 5) is 71.2. The molecule has 0 spiro atoms. The summed E-state index contributed by atoms with van der Waals surface area (Å²) in [5.41, 5.74) is 3.34. The molecule has 0 aliphatic carbocycles. The zero-order valence-corrected chi connectivity index (χ0v) is 46.0. The molecule has 0 radical (unpaired) electrons. The minimum absolute atomic E-state index is 0.0274. The minimum atomic E-state index is -3.16. The second-order valence-electron chi connectivity index (χ2n) is 20.4. The number of aromatic nitrogens is 4. The summed E-state index contributed by atoms with van der Waals surface area (Å²) < 4.78 is 48.0. The SMILES string of the molecule is C=CC(=O)N1CCN(C2=NC(O)N(c3ccc(C=CC(=O)N4CCN(c5nc(=O)n(-c6ccccc6C(C)C)c6nc(-c7cc(OC(F)F)ccc7F)c(Cl)cc56)[C@@H](C)C4)cc3C(C)C)c3nc(N(C)C)c(Cl)cc32)[C@@H](C)C1. The van der Waals surface area contributed by atoms with Crippen LogP contribution in [-0.4, -0.2) is 135 Å². The van der Waals surface area contributed by atoms with Gasteiger partial charge in [0.2, 0.25) is 18.2 Å². The molecule has 2 fully saturated rings. The molecular formula is C57H60Cl2F3N11O5. The van der Waals surface area contributed by atoms with Gasteiger partial charge in [-0.2, -0.15) is 13.8 Å². The van der Waals surface area contributed by atoms with Crippen molar-refractivity contribution in [1.82, 2.24) is 34.2 Å². The summed E-state index contributed by atoms with van der Waals surface area (Å²) in [5, 5.41) is 12.8. The van der Waals surface area contributed by atoms with Crippen molar-refractivity contribution < 1.29 is 32.6 Å². The largest absolute Gasteiger partial charge is 0.435 e. The number of ether oxygens (including phenoxy) is 1. The number of aliphatic hydroxyl groups excluding tert-OH is 1. The van der Waals surface area contributed by atoms with E-state index in [1.807, 2.05) is 96.9 Å². The fraction of sp³-hybridized carbons (Fsp3) is 0.351. The first kappa shape index (κ1) is 55.3. The average Bonchev–Trinajstić information content (AvgIpc) is 3.61. The van der Waals surface area contributed by atoms with E-state index in [0.29, 0.717) is 64.5 Å². The van der Waals surface area contributed by atoms with E-state index >= 15 is 4.39 Å². The van der Waals surface area contributed by atoms with E-state index in [4.69, 9.17) is 38.2 Å². The first-order valence-corrected chi connectivity index (χ1v) is 26.4. The lowest BCUT2D eigenvalue weighted by Gasteiger charge is -2.44. The Labute approximate surface area is 460 Å². The molecule has 0 saturated carbocycles. The van der Waals surface area contributed by atoms with Crippen LogP contribution in [0, 0.1) is 5.82 Å². The molecule has 16 nitrogen and oxygen atoms in total. The summed E-state index contributed by atoms with van der Waals surface area (Å²) in [6, 6.07) is 19.0. The number of hydrogen-bond acceptors (Lipinski definition) is 13. The van der Waals surface area contributed by atoms with Gasteiger partial charge in [0.05, 0.1) is 38.1 Å². The zero-order chi connectivity index (χ0) is 56.0. The van der Waals surface area contributed by atoms with Crippen LogP contribution in [0.5, 0.6) is 5.75 Å². The number of para-hydroxylation sites is 1. The number of alkyl halides is 2. The summed E-state index contributed by atoms with van der Waals surface area (Å²) >= 11 is 13.8. The molecule has 21 heteroatoms. The summed E-state index contributed by atoms with van der Waals surface area (Å²) in [6.07, 6.45) is 3.20. The van der Waals surface area contributed by atoms with Crippen molar-refractivity contribution in [2.75, 3.05) is 68.1 Å².